The predicted molar refractivity (Wildman–Crippen MR) is 61.5 cm³/mol. The first kappa shape index (κ1) is 15.2. The average Bonchev–Trinajstić information content (AvgIpc) is 2.80. The number of likely N-dealkylation sites (tertiary alicyclic amines) is 1. The van der Waals surface area contributed by atoms with E-state index in [1.165, 1.54) is 7.11 Å². The van der Waals surface area contributed by atoms with Gasteiger partial charge in [0.25, 0.3) is 0 Å². The molecular formula is C11H17NO7. The molecule has 108 valence electrons. The summed E-state index contributed by atoms with van der Waals surface area (Å²) in [6.07, 6.45) is -1.14. The second kappa shape index (κ2) is 6.93. The summed E-state index contributed by atoms with van der Waals surface area (Å²) < 4.78 is 14.4. The fourth-order valence-electron chi connectivity index (χ4n) is 1.86. The Kier molecular flexibility index (Phi) is 5.56. The molecule has 0 saturated carbocycles. The topological polar surface area (TPSA) is 102 Å². The van der Waals surface area contributed by atoms with Gasteiger partial charge in [0.15, 0.2) is 0 Å². The summed E-state index contributed by atoms with van der Waals surface area (Å²) in [5.41, 5.74) is 0. The minimum Gasteiger partial charge on any atom is -0.480 e. The van der Waals surface area contributed by atoms with Gasteiger partial charge in [-0.05, 0) is 6.92 Å². The minimum atomic E-state index is -1.13. The van der Waals surface area contributed by atoms with Crippen molar-refractivity contribution in [2.45, 2.75) is 25.5 Å². The van der Waals surface area contributed by atoms with Gasteiger partial charge in [-0.2, -0.15) is 0 Å². The number of carbonyl (C=O) groups excluding carboxylic acids is 2. The largest absolute Gasteiger partial charge is 0.480 e. The van der Waals surface area contributed by atoms with E-state index in [1.807, 2.05) is 0 Å². The van der Waals surface area contributed by atoms with Crippen LogP contribution in [0.1, 0.15) is 13.3 Å². The Balaban J connectivity index is 2.53. The van der Waals surface area contributed by atoms with Crippen molar-refractivity contribution >= 4 is 18.0 Å². The van der Waals surface area contributed by atoms with Crippen LogP contribution >= 0.6 is 0 Å². The van der Waals surface area contributed by atoms with Crippen molar-refractivity contribution in [1.82, 2.24) is 4.90 Å². The van der Waals surface area contributed by atoms with Crippen LogP contribution in [-0.2, 0) is 23.8 Å². The number of methoxy groups -OCH3 is 1. The number of amides is 1. The molecule has 1 rings (SSSR count). The maximum atomic E-state index is 11.4. The number of hydrogen-bond donors (Lipinski definition) is 1. The van der Waals surface area contributed by atoms with E-state index in [2.05, 4.69) is 9.47 Å². The standard InChI is InChI=1S/C11H17NO7/c1-3-18-9(13)6-19-7-4-8(10(14)15)12(5-7)11(16)17-2/h7-8H,3-6H2,1-2H3,(H,14,15). The van der Waals surface area contributed by atoms with Crippen LogP contribution in [0.4, 0.5) is 4.79 Å². The summed E-state index contributed by atoms with van der Waals surface area (Å²) in [7, 11) is 1.17. The summed E-state index contributed by atoms with van der Waals surface area (Å²) >= 11 is 0. The van der Waals surface area contributed by atoms with E-state index < -0.39 is 30.2 Å². The molecule has 0 bridgehead atoms. The number of nitrogens with zero attached hydrogens (tertiary/aromatic N) is 1. The van der Waals surface area contributed by atoms with Gasteiger partial charge in [0.2, 0.25) is 0 Å². The number of ether oxygens (including phenoxy) is 3. The molecule has 1 aliphatic rings. The summed E-state index contributed by atoms with van der Waals surface area (Å²) in [6.45, 7) is 1.73. The monoisotopic (exact) mass is 275 g/mol. The quantitative estimate of drug-likeness (QED) is 0.696. The molecule has 0 aliphatic carbocycles. The number of rotatable bonds is 5. The lowest BCUT2D eigenvalue weighted by atomic mass is 10.2. The molecule has 1 saturated heterocycles. The summed E-state index contributed by atoms with van der Waals surface area (Å²) in [4.78, 5) is 34.6. The van der Waals surface area contributed by atoms with E-state index in [-0.39, 0.29) is 26.2 Å². The molecule has 8 nitrogen and oxygen atoms in total. The summed E-state index contributed by atoms with van der Waals surface area (Å²) in [6, 6.07) is -1.00. The Morgan fingerprint density at radius 3 is 2.58 bits per heavy atom. The lowest BCUT2D eigenvalue weighted by molar-refractivity contribution is -0.150. The molecule has 0 aromatic rings. The number of aliphatic carboxylic acids is 1. The van der Waals surface area contributed by atoms with Crippen molar-refractivity contribution in [3.05, 3.63) is 0 Å². The van der Waals surface area contributed by atoms with Crippen LogP contribution in [0.25, 0.3) is 0 Å². The first-order valence-corrected chi connectivity index (χ1v) is 5.84. The maximum Gasteiger partial charge on any atom is 0.410 e. The fraction of sp³-hybridized carbons (Fsp3) is 0.727. The normalized spacial score (nSPS) is 22.1. The van der Waals surface area contributed by atoms with E-state index >= 15 is 0 Å². The van der Waals surface area contributed by atoms with Crippen molar-refractivity contribution in [1.29, 1.82) is 0 Å². The van der Waals surface area contributed by atoms with Gasteiger partial charge in [0.1, 0.15) is 12.6 Å². The Hall–Kier alpha value is -1.83. The van der Waals surface area contributed by atoms with Crippen LogP contribution in [0.2, 0.25) is 0 Å². The third-order valence-electron chi connectivity index (χ3n) is 2.70. The molecule has 19 heavy (non-hydrogen) atoms. The number of esters is 1. The Morgan fingerprint density at radius 1 is 1.37 bits per heavy atom. The van der Waals surface area contributed by atoms with Crippen LogP contribution in [0.3, 0.4) is 0 Å². The molecule has 1 N–H and O–H groups in total. The van der Waals surface area contributed by atoms with Crippen molar-refractivity contribution in [2.75, 3.05) is 26.9 Å². The molecule has 1 aliphatic heterocycles. The highest BCUT2D eigenvalue weighted by molar-refractivity contribution is 5.80. The third-order valence-corrected chi connectivity index (χ3v) is 2.70. The van der Waals surface area contributed by atoms with Gasteiger partial charge in [-0.3, -0.25) is 4.90 Å². The summed E-state index contributed by atoms with van der Waals surface area (Å²) in [5.74, 6) is -1.65. The Labute approximate surface area is 110 Å². The zero-order chi connectivity index (χ0) is 14.4. The van der Waals surface area contributed by atoms with Crippen molar-refractivity contribution < 1.29 is 33.7 Å². The Bertz CT molecular complexity index is 357. The van der Waals surface area contributed by atoms with E-state index in [1.54, 1.807) is 6.92 Å². The molecule has 0 radical (unpaired) electrons. The highest BCUT2D eigenvalue weighted by Gasteiger charge is 2.41. The molecule has 0 aromatic carbocycles. The van der Waals surface area contributed by atoms with Crippen molar-refractivity contribution in [2.24, 2.45) is 0 Å². The van der Waals surface area contributed by atoms with Crippen LogP contribution < -0.4 is 0 Å². The van der Waals surface area contributed by atoms with Crippen molar-refractivity contribution in [3.63, 3.8) is 0 Å². The van der Waals surface area contributed by atoms with Gasteiger partial charge in [0.05, 0.1) is 26.4 Å². The van der Waals surface area contributed by atoms with Crippen LogP contribution in [0.15, 0.2) is 0 Å². The van der Waals surface area contributed by atoms with Gasteiger partial charge in [-0.15, -0.1) is 0 Å². The first-order chi connectivity index (χ1) is 8.99. The van der Waals surface area contributed by atoms with Crippen LogP contribution in [0.5, 0.6) is 0 Å². The van der Waals surface area contributed by atoms with Gasteiger partial charge in [-0.25, -0.2) is 14.4 Å². The highest BCUT2D eigenvalue weighted by atomic mass is 16.6. The second-order valence-corrected chi connectivity index (χ2v) is 3.95. The van der Waals surface area contributed by atoms with Crippen molar-refractivity contribution in [3.8, 4) is 0 Å². The van der Waals surface area contributed by atoms with Gasteiger partial charge >= 0.3 is 18.0 Å². The zero-order valence-electron chi connectivity index (χ0n) is 10.8. The molecule has 1 amide bonds. The van der Waals surface area contributed by atoms with Gasteiger partial charge < -0.3 is 19.3 Å². The molecule has 1 heterocycles. The molecule has 2 atom stereocenters. The minimum absolute atomic E-state index is 0.0725. The van der Waals surface area contributed by atoms with E-state index in [0.717, 1.165) is 4.90 Å². The number of hydrogen-bond acceptors (Lipinski definition) is 6. The predicted octanol–water partition coefficient (Wildman–Crippen LogP) is -0.140. The number of carboxylic acid groups (broad SMARTS) is 1. The van der Waals surface area contributed by atoms with Crippen LogP contribution in [-0.4, -0.2) is 67.1 Å². The molecule has 0 aromatic heterocycles. The zero-order valence-corrected chi connectivity index (χ0v) is 10.8. The molecular weight excluding hydrogens is 258 g/mol. The van der Waals surface area contributed by atoms with E-state index in [0.29, 0.717) is 0 Å². The lowest BCUT2D eigenvalue weighted by Crippen LogP contribution is -2.40. The highest BCUT2D eigenvalue weighted by Crippen LogP contribution is 2.21. The van der Waals surface area contributed by atoms with Crippen LogP contribution in [0, 0.1) is 0 Å². The molecule has 0 spiro atoms. The first-order valence-electron chi connectivity index (χ1n) is 5.84. The second-order valence-electron chi connectivity index (χ2n) is 3.95. The number of carboxylic acids is 1. The Morgan fingerprint density at radius 2 is 2.05 bits per heavy atom. The average molecular weight is 275 g/mol. The SMILES string of the molecule is CCOC(=O)COC1CC(C(=O)O)N(C(=O)OC)C1. The van der Waals surface area contributed by atoms with Gasteiger partial charge in [0, 0.05) is 6.42 Å². The smallest absolute Gasteiger partial charge is 0.410 e. The maximum absolute atomic E-state index is 11.4. The third kappa shape index (κ3) is 4.09. The van der Waals surface area contributed by atoms with E-state index in [4.69, 9.17) is 9.84 Å². The summed E-state index contributed by atoms with van der Waals surface area (Å²) in [5, 5.41) is 9.01. The van der Waals surface area contributed by atoms with Gasteiger partial charge in [-0.1, -0.05) is 0 Å². The van der Waals surface area contributed by atoms with E-state index in [9.17, 15) is 14.4 Å². The molecule has 8 heteroatoms. The molecule has 2 unspecified atom stereocenters. The lowest BCUT2D eigenvalue weighted by Gasteiger charge is -2.19. The molecule has 1 fully saturated rings. The fourth-order valence-corrected chi connectivity index (χ4v) is 1.86. The number of carbonyl (C=O) groups is 3.